The predicted octanol–water partition coefficient (Wildman–Crippen LogP) is -2.80. The lowest BCUT2D eigenvalue weighted by Crippen LogP contribution is -2.75. The Bertz CT molecular complexity index is 486. The second-order valence-corrected chi connectivity index (χ2v) is 3.55. The molecule has 0 bridgehead atoms. The molecule has 1 saturated heterocycles. The molecule has 1 aromatic heterocycles. The fraction of sp³-hybridized carbons (Fsp3) is 0.500. The largest absolute Gasteiger partial charge is 0.467 e. The third kappa shape index (κ3) is 1.77. The summed E-state index contributed by atoms with van der Waals surface area (Å²) in [4.78, 5) is 35.5. The molecule has 2 unspecified atom stereocenters. The SMILES string of the molecule is COC(=O)C1NC(=O)C1N(C(C)=O)n1cnnn1. The molecule has 1 N–H and O–H groups in total. The van der Waals surface area contributed by atoms with Crippen LogP contribution in [0.1, 0.15) is 6.92 Å². The van der Waals surface area contributed by atoms with Crippen molar-refractivity contribution >= 4 is 17.8 Å². The molecule has 10 nitrogen and oxygen atoms in total. The van der Waals surface area contributed by atoms with Gasteiger partial charge in [-0.25, -0.2) is 9.80 Å². The molecule has 0 aliphatic carbocycles. The number of β-lactam (4-membered cyclic amide) rings is 1. The van der Waals surface area contributed by atoms with Crippen LogP contribution >= 0.6 is 0 Å². The highest BCUT2D eigenvalue weighted by atomic mass is 16.5. The highest BCUT2D eigenvalue weighted by Crippen LogP contribution is 2.14. The number of amides is 2. The zero-order chi connectivity index (χ0) is 13.3. The molecule has 96 valence electrons. The Morgan fingerprint density at radius 2 is 2.28 bits per heavy atom. The number of aromatic nitrogens is 4. The third-order valence-corrected chi connectivity index (χ3v) is 2.48. The number of rotatable bonds is 3. The van der Waals surface area contributed by atoms with Gasteiger partial charge in [0.2, 0.25) is 11.8 Å². The van der Waals surface area contributed by atoms with Crippen molar-refractivity contribution in [2.75, 3.05) is 12.1 Å². The minimum absolute atomic E-state index is 0.476. The first-order valence-electron chi connectivity index (χ1n) is 4.97. The zero-order valence-electron chi connectivity index (χ0n) is 9.60. The maximum atomic E-state index is 11.6. The smallest absolute Gasteiger partial charge is 0.331 e. The van der Waals surface area contributed by atoms with E-state index in [4.69, 9.17) is 0 Å². The fourth-order valence-electron chi connectivity index (χ4n) is 1.66. The lowest BCUT2D eigenvalue weighted by Gasteiger charge is -2.40. The van der Waals surface area contributed by atoms with E-state index in [9.17, 15) is 14.4 Å². The van der Waals surface area contributed by atoms with Crippen LogP contribution < -0.4 is 10.3 Å². The van der Waals surface area contributed by atoms with E-state index in [1.807, 2.05) is 0 Å². The molecular formula is C8H10N6O4. The molecule has 1 aromatic rings. The van der Waals surface area contributed by atoms with Gasteiger partial charge < -0.3 is 10.1 Å². The molecule has 0 saturated carbocycles. The Labute approximate surface area is 101 Å². The summed E-state index contributed by atoms with van der Waals surface area (Å²) in [5.74, 6) is -1.59. The standard InChI is InChI=1S/C8H10N6O4/c1-4(15)14(13-3-9-11-12-13)6-5(8(17)18-2)10-7(6)16/h3,5-6H,1-2H3,(H,10,16). The molecule has 18 heavy (non-hydrogen) atoms. The molecule has 2 heterocycles. The van der Waals surface area contributed by atoms with E-state index in [0.29, 0.717) is 0 Å². The monoisotopic (exact) mass is 254 g/mol. The number of ether oxygens (including phenoxy) is 1. The van der Waals surface area contributed by atoms with Crippen molar-refractivity contribution in [3.05, 3.63) is 6.33 Å². The number of carbonyl (C=O) groups excluding carboxylic acids is 3. The minimum Gasteiger partial charge on any atom is -0.467 e. The van der Waals surface area contributed by atoms with Crippen LogP contribution in [0, 0.1) is 0 Å². The van der Waals surface area contributed by atoms with Gasteiger partial charge in [-0.15, -0.1) is 9.89 Å². The summed E-state index contributed by atoms with van der Waals surface area (Å²) in [6.07, 6.45) is 1.15. The molecule has 0 radical (unpaired) electrons. The van der Waals surface area contributed by atoms with Gasteiger partial charge in [0.05, 0.1) is 7.11 Å². The average Bonchev–Trinajstić information content (AvgIpc) is 2.84. The Morgan fingerprint density at radius 1 is 1.56 bits per heavy atom. The molecular weight excluding hydrogens is 244 g/mol. The Hall–Kier alpha value is -2.52. The molecule has 10 heteroatoms. The number of tetrazole rings is 1. The molecule has 0 aromatic carbocycles. The van der Waals surface area contributed by atoms with Crippen molar-refractivity contribution in [2.24, 2.45) is 0 Å². The highest BCUT2D eigenvalue weighted by molar-refractivity contribution is 6.05. The van der Waals surface area contributed by atoms with Crippen molar-refractivity contribution in [1.29, 1.82) is 0 Å². The van der Waals surface area contributed by atoms with Gasteiger partial charge in [0.15, 0.2) is 18.4 Å². The van der Waals surface area contributed by atoms with E-state index in [2.05, 4.69) is 25.6 Å². The van der Waals surface area contributed by atoms with E-state index >= 15 is 0 Å². The summed E-state index contributed by atoms with van der Waals surface area (Å²) in [7, 11) is 1.19. The van der Waals surface area contributed by atoms with Crippen LogP contribution in [0.4, 0.5) is 0 Å². The molecule has 2 atom stereocenters. The molecule has 0 spiro atoms. The van der Waals surface area contributed by atoms with Gasteiger partial charge in [0.1, 0.15) is 0 Å². The second-order valence-electron chi connectivity index (χ2n) is 3.55. The summed E-state index contributed by atoms with van der Waals surface area (Å²) >= 11 is 0. The maximum absolute atomic E-state index is 11.6. The molecule has 2 amide bonds. The molecule has 2 rings (SSSR count). The van der Waals surface area contributed by atoms with Gasteiger partial charge in [-0.05, 0) is 10.4 Å². The lowest BCUT2D eigenvalue weighted by molar-refractivity contribution is -0.153. The number of esters is 1. The van der Waals surface area contributed by atoms with Crippen LogP contribution in [0.3, 0.4) is 0 Å². The molecule has 1 aliphatic rings. The summed E-state index contributed by atoms with van der Waals surface area (Å²) in [6, 6.07) is -1.94. The fourth-order valence-corrected chi connectivity index (χ4v) is 1.66. The number of nitrogens with zero attached hydrogens (tertiary/aromatic N) is 5. The molecule has 1 fully saturated rings. The Morgan fingerprint density at radius 3 is 2.72 bits per heavy atom. The van der Waals surface area contributed by atoms with Gasteiger partial charge in [0.25, 0.3) is 0 Å². The number of methoxy groups -OCH3 is 1. The van der Waals surface area contributed by atoms with Crippen molar-refractivity contribution in [3.63, 3.8) is 0 Å². The third-order valence-electron chi connectivity index (χ3n) is 2.48. The number of hydrogen-bond acceptors (Lipinski definition) is 7. The van der Waals surface area contributed by atoms with Crippen molar-refractivity contribution in [3.8, 4) is 0 Å². The average molecular weight is 254 g/mol. The van der Waals surface area contributed by atoms with Gasteiger partial charge in [0, 0.05) is 6.92 Å². The Balaban J connectivity index is 2.28. The summed E-state index contributed by atoms with van der Waals surface area (Å²) in [5.41, 5.74) is 0. The van der Waals surface area contributed by atoms with E-state index in [-0.39, 0.29) is 0 Å². The number of carbonyl (C=O) groups is 3. The topological polar surface area (TPSA) is 119 Å². The quantitative estimate of drug-likeness (QED) is 0.457. The van der Waals surface area contributed by atoms with Crippen LogP contribution in [-0.4, -0.2) is 57.3 Å². The first kappa shape index (κ1) is 12.0. The first-order chi connectivity index (χ1) is 8.56. The van der Waals surface area contributed by atoms with E-state index in [0.717, 1.165) is 16.1 Å². The predicted molar refractivity (Wildman–Crippen MR) is 54.4 cm³/mol. The van der Waals surface area contributed by atoms with Gasteiger partial charge in [-0.3, -0.25) is 9.59 Å². The van der Waals surface area contributed by atoms with Gasteiger partial charge in [-0.2, -0.15) is 0 Å². The lowest BCUT2D eigenvalue weighted by atomic mass is 9.98. The van der Waals surface area contributed by atoms with Crippen LogP contribution in [-0.2, 0) is 19.1 Å². The maximum Gasteiger partial charge on any atom is 0.331 e. The van der Waals surface area contributed by atoms with Crippen molar-refractivity contribution in [2.45, 2.75) is 19.0 Å². The summed E-state index contributed by atoms with van der Waals surface area (Å²) in [5, 5.41) is 13.6. The minimum atomic E-state index is -1.02. The van der Waals surface area contributed by atoms with Crippen LogP contribution in [0.5, 0.6) is 0 Å². The van der Waals surface area contributed by atoms with E-state index < -0.39 is 29.9 Å². The van der Waals surface area contributed by atoms with Gasteiger partial charge >= 0.3 is 5.97 Å². The summed E-state index contributed by atoms with van der Waals surface area (Å²) in [6.45, 7) is 1.24. The second kappa shape index (κ2) is 4.39. The van der Waals surface area contributed by atoms with Crippen LogP contribution in [0.25, 0.3) is 0 Å². The first-order valence-corrected chi connectivity index (χ1v) is 4.97. The number of nitrogens with one attached hydrogen (secondary N) is 1. The normalized spacial score (nSPS) is 21.8. The van der Waals surface area contributed by atoms with Crippen molar-refractivity contribution < 1.29 is 19.1 Å². The van der Waals surface area contributed by atoms with E-state index in [1.165, 1.54) is 14.0 Å². The Kier molecular flexibility index (Phi) is 2.92. The van der Waals surface area contributed by atoms with Crippen LogP contribution in [0.2, 0.25) is 0 Å². The van der Waals surface area contributed by atoms with Crippen LogP contribution in [0.15, 0.2) is 6.33 Å². The zero-order valence-corrected chi connectivity index (χ0v) is 9.60. The highest BCUT2D eigenvalue weighted by Gasteiger charge is 2.50. The van der Waals surface area contributed by atoms with E-state index in [1.54, 1.807) is 0 Å². The van der Waals surface area contributed by atoms with Gasteiger partial charge in [-0.1, -0.05) is 0 Å². The number of hydrogen-bond donors (Lipinski definition) is 1. The van der Waals surface area contributed by atoms with Crippen molar-refractivity contribution in [1.82, 2.24) is 25.6 Å². The molecule has 1 aliphatic heterocycles. The summed E-state index contributed by atoms with van der Waals surface area (Å²) < 4.78 is 4.53.